The van der Waals surface area contributed by atoms with Gasteiger partial charge in [-0.1, -0.05) is 13.8 Å². The van der Waals surface area contributed by atoms with Crippen LogP contribution in [0, 0.1) is 5.92 Å². The maximum absolute atomic E-state index is 11.4. The van der Waals surface area contributed by atoms with Gasteiger partial charge in [0, 0.05) is 18.6 Å². The normalized spacial score (nSPS) is 10.8. The van der Waals surface area contributed by atoms with Crippen LogP contribution in [0.15, 0.2) is 29.6 Å². The highest BCUT2D eigenvalue weighted by atomic mass is 16.2. The summed E-state index contributed by atoms with van der Waals surface area (Å²) in [4.78, 5) is 15.2. The van der Waals surface area contributed by atoms with E-state index in [2.05, 4.69) is 15.5 Å². The second-order valence-corrected chi connectivity index (χ2v) is 3.20. The van der Waals surface area contributed by atoms with E-state index >= 15 is 0 Å². The number of carbonyl (C=O) groups is 1. The molecule has 0 bridgehead atoms. The fourth-order valence-corrected chi connectivity index (χ4v) is 0.807. The molecule has 0 saturated heterocycles. The molecule has 0 aromatic carbocycles. The molecule has 1 heterocycles. The Bertz CT molecular complexity index is 319. The van der Waals surface area contributed by atoms with Crippen molar-refractivity contribution in [1.82, 2.24) is 10.4 Å². The first kappa shape index (κ1) is 10.4. The van der Waals surface area contributed by atoms with Crippen molar-refractivity contribution in [1.29, 1.82) is 0 Å². The maximum atomic E-state index is 11.4. The average molecular weight is 191 g/mol. The third kappa shape index (κ3) is 3.35. The minimum atomic E-state index is -0.241. The van der Waals surface area contributed by atoms with Crippen LogP contribution < -0.4 is 5.43 Å². The first-order valence-electron chi connectivity index (χ1n) is 4.43. The van der Waals surface area contributed by atoms with Crippen LogP contribution in [-0.2, 0) is 0 Å². The number of amides is 1. The van der Waals surface area contributed by atoms with Crippen molar-refractivity contribution >= 4 is 12.1 Å². The zero-order chi connectivity index (χ0) is 10.4. The molecule has 0 radical (unpaired) electrons. The van der Waals surface area contributed by atoms with Crippen LogP contribution >= 0.6 is 0 Å². The van der Waals surface area contributed by atoms with Gasteiger partial charge < -0.3 is 0 Å². The van der Waals surface area contributed by atoms with Crippen LogP contribution in [-0.4, -0.2) is 17.1 Å². The minimum Gasteiger partial charge on any atom is -0.267 e. The number of hydrazone groups is 1. The van der Waals surface area contributed by atoms with Gasteiger partial charge in [0.05, 0.1) is 5.56 Å². The molecule has 4 nitrogen and oxygen atoms in total. The molecule has 0 aliphatic heterocycles. The lowest BCUT2D eigenvalue weighted by Crippen LogP contribution is -2.18. The van der Waals surface area contributed by atoms with Crippen molar-refractivity contribution in [2.45, 2.75) is 13.8 Å². The fraction of sp³-hybridized carbons (Fsp3) is 0.300. The third-order valence-corrected chi connectivity index (χ3v) is 1.46. The molecule has 74 valence electrons. The highest BCUT2D eigenvalue weighted by molar-refractivity contribution is 5.93. The monoisotopic (exact) mass is 191 g/mol. The van der Waals surface area contributed by atoms with Gasteiger partial charge in [-0.15, -0.1) is 0 Å². The lowest BCUT2D eigenvalue weighted by Gasteiger charge is -1.98. The molecular formula is C10H13N3O. The standard InChI is InChI=1S/C10H13N3O/c1-8(2)6-12-13-10(14)9-4-3-5-11-7-9/h3-8H,1-2H3,(H,13,14)/b12-6-. The molecule has 0 unspecified atom stereocenters. The molecule has 1 amide bonds. The number of nitrogens with zero attached hydrogens (tertiary/aromatic N) is 2. The van der Waals surface area contributed by atoms with Crippen molar-refractivity contribution in [3.63, 3.8) is 0 Å². The zero-order valence-corrected chi connectivity index (χ0v) is 8.27. The molecule has 1 rings (SSSR count). The van der Waals surface area contributed by atoms with Crippen molar-refractivity contribution in [3.8, 4) is 0 Å². The van der Waals surface area contributed by atoms with Crippen LogP contribution in [0.4, 0.5) is 0 Å². The quantitative estimate of drug-likeness (QED) is 0.580. The minimum absolute atomic E-state index is 0.241. The van der Waals surface area contributed by atoms with Crippen molar-refractivity contribution in [2.75, 3.05) is 0 Å². The number of hydrogen-bond donors (Lipinski definition) is 1. The first-order valence-corrected chi connectivity index (χ1v) is 4.43. The number of aromatic nitrogens is 1. The maximum Gasteiger partial charge on any atom is 0.272 e. The Labute approximate surface area is 83.1 Å². The number of carbonyl (C=O) groups excluding carboxylic acids is 1. The lowest BCUT2D eigenvalue weighted by atomic mass is 10.2. The Morgan fingerprint density at radius 2 is 2.43 bits per heavy atom. The summed E-state index contributed by atoms with van der Waals surface area (Å²) in [5, 5.41) is 3.79. The summed E-state index contributed by atoms with van der Waals surface area (Å²) in [5.41, 5.74) is 2.93. The predicted octanol–water partition coefficient (Wildman–Crippen LogP) is 1.45. The van der Waals surface area contributed by atoms with Crippen LogP contribution in [0.5, 0.6) is 0 Å². The molecule has 1 aromatic rings. The second kappa shape index (κ2) is 5.11. The summed E-state index contributed by atoms with van der Waals surface area (Å²) in [6.45, 7) is 3.97. The van der Waals surface area contributed by atoms with E-state index in [-0.39, 0.29) is 5.91 Å². The first-order chi connectivity index (χ1) is 6.70. The van der Waals surface area contributed by atoms with Gasteiger partial charge in [-0.25, -0.2) is 5.43 Å². The van der Waals surface area contributed by atoms with Crippen molar-refractivity contribution in [2.24, 2.45) is 11.0 Å². The Kier molecular flexibility index (Phi) is 3.79. The largest absolute Gasteiger partial charge is 0.272 e. The van der Waals surface area contributed by atoms with E-state index in [0.29, 0.717) is 11.5 Å². The third-order valence-electron chi connectivity index (χ3n) is 1.46. The number of hydrogen-bond acceptors (Lipinski definition) is 3. The highest BCUT2D eigenvalue weighted by Crippen LogP contribution is 1.94. The van der Waals surface area contributed by atoms with Crippen molar-refractivity contribution in [3.05, 3.63) is 30.1 Å². The molecule has 1 N–H and O–H groups in total. The molecule has 0 aliphatic carbocycles. The van der Waals surface area contributed by atoms with Gasteiger partial charge in [0.2, 0.25) is 0 Å². The van der Waals surface area contributed by atoms with Crippen LogP contribution in [0.1, 0.15) is 24.2 Å². The van der Waals surface area contributed by atoms with Gasteiger partial charge in [0.15, 0.2) is 0 Å². The SMILES string of the molecule is CC(C)/C=N\NC(=O)c1cccnc1. The van der Waals surface area contributed by atoms with E-state index < -0.39 is 0 Å². The summed E-state index contributed by atoms with van der Waals surface area (Å²) < 4.78 is 0. The summed E-state index contributed by atoms with van der Waals surface area (Å²) in [7, 11) is 0. The summed E-state index contributed by atoms with van der Waals surface area (Å²) in [5.74, 6) is 0.0826. The Morgan fingerprint density at radius 3 is 3.00 bits per heavy atom. The molecule has 14 heavy (non-hydrogen) atoms. The Balaban J connectivity index is 2.52. The van der Waals surface area contributed by atoms with E-state index in [0.717, 1.165) is 0 Å². The molecule has 0 fully saturated rings. The van der Waals surface area contributed by atoms with Crippen LogP contribution in [0.2, 0.25) is 0 Å². The highest BCUT2D eigenvalue weighted by Gasteiger charge is 2.01. The van der Waals surface area contributed by atoms with E-state index in [1.165, 1.54) is 6.20 Å². The van der Waals surface area contributed by atoms with Gasteiger partial charge in [-0.05, 0) is 18.1 Å². The number of rotatable bonds is 3. The number of nitrogens with one attached hydrogen (secondary N) is 1. The lowest BCUT2D eigenvalue weighted by molar-refractivity contribution is 0.0954. The summed E-state index contributed by atoms with van der Waals surface area (Å²) >= 11 is 0. The molecule has 0 spiro atoms. The van der Waals surface area contributed by atoms with Gasteiger partial charge in [0.25, 0.3) is 5.91 Å². The molecule has 0 atom stereocenters. The summed E-state index contributed by atoms with van der Waals surface area (Å²) in [6.07, 6.45) is 4.79. The van der Waals surface area contributed by atoms with Crippen LogP contribution in [0.3, 0.4) is 0 Å². The smallest absolute Gasteiger partial charge is 0.267 e. The van der Waals surface area contributed by atoms with E-state index in [1.54, 1.807) is 24.5 Å². The van der Waals surface area contributed by atoms with Crippen molar-refractivity contribution < 1.29 is 4.79 Å². The molecule has 1 aromatic heterocycles. The molecule has 0 saturated carbocycles. The molecule has 0 aliphatic rings. The van der Waals surface area contributed by atoms with E-state index in [4.69, 9.17) is 0 Å². The topological polar surface area (TPSA) is 54.4 Å². The zero-order valence-electron chi connectivity index (χ0n) is 8.27. The van der Waals surface area contributed by atoms with Gasteiger partial charge in [-0.3, -0.25) is 9.78 Å². The second-order valence-electron chi connectivity index (χ2n) is 3.20. The van der Waals surface area contributed by atoms with E-state index in [1.807, 2.05) is 13.8 Å². The average Bonchev–Trinajstić information content (AvgIpc) is 2.18. The van der Waals surface area contributed by atoms with Gasteiger partial charge >= 0.3 is 0 Å². The Morgan fingerprint density at radius 1 is 1.64 bits per heavy atom. The molecular weight excluding hydrogens is 178 g/mol. The predicted molar refractivity (Wildman–Crippen MR) is 55.0 cm³/mol. The summed E-state index contributed by atoms with van der Waals surface area (Å²) in [6, 6.07) is 3.40. The van der Waals surface area contributed by atoms with E-state index in [9.17, 15) is 4.79 Å². The van der Waals surface area contributed by atoms with Gasteiger partial charge in [0.1, 0.15) is 0 Å². The fourth-order valence-electron chi connectivity index (χ4n) is 0.807. The Hall–Kier alpha value is -1.71. The number of pyridine rings is 1. The van der Waals surface area contributed by atoms with Crippen LogP contribution in [0.25, 0.3) is 0 Å². The molecule has 4 heteroatoms. The van der Waals surface area contributed by atoms with Gasteiger partial charge in [-0.2, -0.15) is 5.10 Å².